The SMILES string of the molecule is Cc1cc(C(F)(F)F)nn1CCCNC(=O)c1ccc(CN2CCCCC2)o1. The minimum atomic E-state index is -4.45. The molecular weight excluding hydrogens is 373 g/mol. The van der Waals surface area contributed by atoms with Crippen molar-refractivity contribution in [2.24, 2.45) is 0 Å². The third-order valence-electron chi connectivity index (χ3n) is 4.82. The Kier molecular flexibility index (Phi) is 6.43. The number of amides is 1. The second-order valence-electron chi connectivity index (χ2n) is 7.10. The Balaban J connectivity index is 1.43. The number of aryl methyl sites for hydroxylation is 2. The third kappa shape index (κ3) is 5.37. The van der Waals surface area contributed by atoms with E-state index in [9.17, 15) is 18.0 Å². The monoisotopic (exact) mass is 398 g/mol. The van der Waals surface area contributed by atoms with Crippen molar-refractivity contribution in [1.82, 2.24) is 20.0 Å². The number of nitrogens with one attached hydrogen (secondary N) is 1. The van der Waals surface area contributed by atoms with Gasteiger partial charge in [-0.3, -0.25) is 14.4 Å². The summed E-state index contributed by atoms with van der Waals surface area (Å²) in [4.78, 5) is 14.5. The van der Waals surface area contributed by atoms with Gasteiger partial charge < -0.3 is 9.73 Å². The van der Waals surface area contributed by atoms with Crippen molar-refractivity contribution >= 4 is 5.91 Å². The van der Waals surface area contributed by atoms with Crippen LogP contribution in [0.4, 0.5) is 13.2 Å². The van der Waals surface area contributed by atoms with Crippen molar-refractivity contribution < 1.29 is 22.4 Å². The number of alkyl halides is 3. The molecule has 6 nitrogen and oxygen atoms in total. The maximum atomic E-state index is 12.7. The standard InChI is InChI=1S/C19H25F3N4O2/c1-14-12-17(19(20,21)22)24-26(14)11-5-8-23-18(27)16-7-6-15(28-16)13-25-9-3-2-4-10-25/h6-7,12H,2-5,8-11,13H2,1H3,(H,23,27). The average Bonchev–Trinajstić information content (AvgIpc) is 3.26. The van der Waals surface area contributed by atoms with E-state index < -0.39 is 11.9 Å². The molecule has 0 aromatic carbocycles. The fourth-order valence-electron chi connectivity index (χ4n) is 3.32. The van der Waals surface area contributed by atoms with Gasteiger partial charge in [0, 0.05) is 18.8 Å². The van der Waals surface area contributed by atoms with Crippen LogP contribution in [0.25, 0.3) is 0 Å². The highest BCUT2D eigenvalue weighted by Gasteiger charge is 2.34. The molecule has 154 valence electrons. The first-order valence-corrected chi connectivity index (χ1v) is 9.54. The molecule has 3 rings (SSSR count). The van der Waals surface area contributed by atoms with Crippen LogP contribution < -0.4 is 5.32 Å². The molecule has 1 amide bonds. The minimum absolute atomic E-state index is 0.252. The highest BCUT2D eigenvalue weighted by Crippen LogP contribution is 2.28. The summed E-state index contributed by atoms with van der Waals surface area (Å²) in [5, 5.41) is 6.30. The van der Waals surface area contributed by atoms with Crippen LogP contribution in [-0.4, -0.2) is 40.2 Å². The summed E-state index contributed by atoms with van der Waals surface area (Å²) in [7, 11) is 0. The zero-order valence-corrected chi connectivity index (χ0v) is 15.9. The molecule has 0 aliphatic carbocycles. The van der Waals surface area contributed by atoms with Gasteiger partial charge in [0.2, 0.25) is 0 Å². The molecule has 0 atom stereocenters. The number of carbonyl (C=O) groups excluding carboxylic acids is 1. The normalized spacial score (nSPS) is 15.7. The van der Waals surface area contributed by atoms with Gasteiger partial charge in [0.05, 0.1) is 6.54 Å². The Morgan fingerprint density at radius 2 is 2.00 bits per heavy atom. The summed E-state index contributed by atoms with van der Waals surface area (Å²) in [5.74, 6) is 0.693. The number of hydrogen-bond donors (Lipinski definition) is 1. The second kappa shape index (κ2) is 8.81. The first kappa shape index (κ1) is 20.4. The van der Waals surface area contributed by atoms with E-state index in [2.05, 4.69) is 15.3 Å². The number of likely N-dealkylation sites (tertiary alicyclic amines) is 1. The predicted octanol–water partition coefficient (Wildman–Crippen LogP) is 3.61. The van der Waals surface area contributed by atoms with Crippen LogP contribution in [0.15, 0.2) is 22.6 Å². The Hall–Kier alpha value is -2.29. The maximum absolute atomic E-state index is 12.7. The molecule has 9 heteroatoms. The van der Waals surface area contributed by atoms with Gasteiger partial charge in [0.25, 0.3) is 5.91 Å². The second-order valence-corrected chi connectivity index (χ2v) is 7.10. The van der Waals surface area contributed by atoms with Crippen molar-refractivity contribution in [3.8, 4) is 0 Å². The smallest absolute Gasteiger partial charge is 0.435 e. The fourth-order valence-corrected chi connectivity index (χ4v) is 3.32. The quantitative estimate of drug-likeness (QED) is 0.724. The Labute approximate surface area is 161 Å². The van der Waals surface area contributed by atoms with Gasteiger partial charge in [0.15, 0.2) is 11.5 Å². The van der Waals surface area contributed by atoms with Gasteiger partial charge in [-0.15, -0.1) is 0 Å². The fraction of sp³-hybridized carbons (Fsp3) is 0.579. The van der Waals surface area contributed by atoms with Crippen LogP contribution in [0.3, 0.4) is 0 Å². The summed E-state index contributed by atoms with van der Waals surface area (Å²) < 4.78 is 44.9. The van der Waals surface area contributed by atoms with Crippen LogP contribution in [0.5, 0.6) is 0 Å². The molecule has 1 saturated heterocycles. The zero-order chi connectivity index (χ0) is 20.1. The summed E-state index contributed by atoms with van der Waals surface area (Å²) in [5.41, 5.74) is -0.460. The number of halogens is 3. The van der Waals surface area contributed by atoms with E-state index >= 15 is 0 Å². The molecule has 28 heavy (non-hydrogen) atoms. The Morgan fingerprint density at radius 3 is 2.68 bits per heavy atom. The number of rotatable bonds is 7. The van der Waals surface area contributed by atoms with Crippen molar-refractivity contribution in [2.75, 3.05) is 19.6 Å². The maximum Gasteiger partial charge on any atom is 0.435 e. The van der Waals surface area contributed by atoms with Crippen LogP contribution in [0.2, 0.25) is 0 Å². The zero-order valence-electron chi connectivity index (χ0n) is 15.9. The molecule has 2 aromatic rings. The van der Waals surface area contributed by atoms with Gasteiger partial charge in [-0.25, -0.2) is 0 Å². The molecule has 1 fully saturated rings. The number of nitrogens with zero attached hydrogens (tertiary/aromatic N) is 3. The number of hydrogen-bond acceptors (Lipinski definition) is 4. The molecular formula is C19H25F3N4O2. The summed E-state index contributed by atoms with van der Waals surface area (Å²) in [6.07, 6.45) is -0.345. The largest absolute Gasteiger partial charge is 0.455 e. The van der Waals surface area contributed by atoms with Crippen LogP contribution in [0.1, 0.15) is 53.4 Å². The lowest BCUT2D eigenvalue weighted by Crippen LogP contribution is -2.29. The molecule has 0 bridgehead atoms. The molecule has 0 spiro atoms. The third-order valence-corrected chi connectivity index (χ3v) is 4.82. The van der Waals surface area contributed by atoms with E-state index in [4.69, 9.17) is 4.42 Å². The van der Waals surface area contributed by atoms with E-state index in [1.165, 1.54) is 23.9 Å². The van der Waals surface area contributed by atoms with Gasteiger partial charge in [0.1, 0.15) is 5.76 Å². The van der Waals surface area contributed by atoms with E-state index in [1.54, 1.807) is 13.0 Å². The summed E-state index contributed by atoms with van der Waals surface area (Å²) in [6, 6.07) is 4.49. The molecule has 3 heterocycles. The molecule has 0 unspecified atom stereocenters. The lowest BCUT2D eigenvalue weighted by molar-refractivity contribution is -0.141. The first-order valence-electron chi connectivity index (χ1n) is 9.54. The highest BCUT2D eigenvalue weighted by molar-refractivity contribution is 5.91. The van der Waals surface area contributed by atoms with E-state index in [1.807, 2.05) is 6.07 Å². The van der Waals surface area contributed by atoms with E-state index in [0.29, 0.717) is 31.7 Å². The van der Waals surface area contributed by atoms with E-state index in [0.717, 1.165) is 24.9 Å². The number of aromatic nitrogens is 2. The molecule has 1 aliphatic rings. The van der Waals surface area contributed by atoms with Crippen molar-refractivity contribution in [3.63, 3.8) is 0 Å². The van der Waals surface area contributed by atoms with Crippen LogP contribution >= 0.6 is 0 Å². The van der Waals surface area contributed by atoms with Gasteiger partial charge in [-0.05, 0) is 57.5 Å². The minimum Gasteiger partial charge on any atom is -0.455 e. The van der Waals surface area contributed by atoms with Crippen molar-refractivity contribution in [3.05, 3.63) is 41.1 Å². The summed E-state index contributed by atoms with van der Waals surface area (Å²) >= 11 is 0. The molecule has 0 radical (unpaired) electrons. The van der Waals surface area contributed by atoms with Crippen LogP contribution in [-0.2, 0) is 19.3 Å². The van der Waals surface area contributed by atoms with Crippen molar-refractivity contribution in [2.45, 2.75) is 51.9 Å². The average molecular weight is 398 g/mol. The predicted molar refractivity (Wildman–Crippen MR) is 96.8 cm³/mol. The lowest BCUT2D eigenvalue weighted by Gasteiger charge is -2.25. The molecule has 2 aromatic heterocycles. The highest BCUT2D eigenvalue weighted by atomic mass is 19.4. The van der Waals surface area contributed by atoms with Gasteiger partial charge in [-0.1, -0.05) is 6.42 Å². The summed E-state index contributed by atoms with van der Waals surface area (Å²) in [6.45, 7) is 4.99. The molecule has 0 saturated carbocycles. The van der Waals surface area contributed by atoms with Gasteiger partial charge >= 0.3 is 6.18 Å². The number of furan rings is 1. The Morgan fingerprint density at radius 1 is 1.25 bits per heavy atom. The topological polar surface area (TPSA) is 63.3 Å². The first-order chi connectivity index (χ1) is 13.3. The van der Waals surface area contributed by atoms with Crippen LogP contribution in [0, 0.1) is 6.92 Å². The van der Waals surface area contributed by atoms with Crippen molar-refractivity contribution in [1.29, 1.82) is 0 Å². The molecule has 1 N–H and O–H groups in total. The lowest BCUT2D eigenvalue weighted by atomic mass is 10.1. The Bertz CT molecular complexity index is 791. The van der Waals surface area contributed by atoms with Gasteiger partial charge in [-0.2, -0.15) is 18.3 Å². The molecule has 1 aliphatic heterocycles. The number of carbonyl (C=O) groups is 1. The number of piperidine rings is 1. The van der Waals surface area contributed by atoms with E-state index in [-0.39, 0.29) is 11.7 Å².